The topological polar surface area (TPSA) is 21.1 Å². The predicted molar refractivity (Wildman–Crippen MR) is 144 cm³/mol. The Bertz CT molecular complexity index is 1160. The second kappa shape index (κ2) is 11.8. The summed E-state index contributed by atoms with van der Waals surface area (Å²) in [5, 5.41) is 0. The third kappa shape index (κ3) is 5.66. The minimum Gasteiger partial charge on any atom is -0.326 e. The Kier molecular flexibility index (Phi) is 8.32. The lowest BCUT2D eigenvalue weighted by Gasteiger charge is -2.24. The molecule has 1 aromatic heterocycles. The fourth-order valence-corrected chi connectivity index (χ4v) is 4.61. The van der Waals surface area contributed by atoms with Crippen molar-refractivity contribution in [2.45, 2.75) is 59.7 Å². The number of aromatic nitrogens is 2. The number of benzene rings is 3. The molecule has 4 rings (SSSR count). The molecule has 0 bridgehead atoms. The van der Waals surface area contributed by atoms with E-state index >= 15 is 0 Å². The molecule has 0 spiro atoms. The van der Waals surface area contributed by atoms with Gasteiger partial charge in [0.15, 0.2) is 0 Å². The van der Waals surface area contributed by atoms with Crippen molar-refractivity contribution in [2.24, 2.45) is 0 Å². The Morgan fingerprint density at radius 1 is 0.735 bits per heavy atom. The van der Waals surface area contributed by atoms with Gasteiger partial charge in [-0.15, -0.1) is 0 Å². The summed E-state index contributed by atoms with van der Waals surface area (Å²) in [6.45, 7) is 10.6. The van der Waals surface area contributed by atoms with E-state index < -0.39 is 0 Å². The van der Waals surface area contributed by atoms with Crippen LogP contribution in [0.25, 0.3) is 22.6 Å². The molecule has 0 saturated heterocycles. The molecular weight excluding hydrogens is 414 g/mol. The zero-order valence-corrected chi connectivity index (χ0v) is 20.9. The first-order valence-electron chi connectivity index (χ1n) is 12.7. The quantitative estimate of drug-likeness (QED) is 0.232. The van der Waals surface area contributed by atoms with Crippen LogP contribution < -0.4 is 0 Å². The average molecular weight is 452 g/mol. The van der Waals surface area contributed by atoms with Crippen molar-refractivity contribution in [2.75, 3.05) is 6.54 Å². The molecule has 3 nitrogen and oxygen atoms in total. The van der Waals surface area contributed by atoms with Crippen molar-refractivity contribution in [3.05, 3.63) is 102 Å². The average Bonchev–Trinajstić information content (AvgIpc) is 3.23. The van der Waals surface area contributed by atoms with Crippen molar-refractivity contribution >= 4 is 0 Å². The van der Waals surface area contributed by atoms with Gasteiger partial charge < -0.3 is 4.57 Å². The number of nitrogens with zero attached hydrogens (tertiary/aromatic N) is 3. The van der Waals surface area contributed by atoms with E-state index in [-0.39, 0.29) is 0 Å². The summed E-state index contributed by atoms with van der Waals surface area (Å²) in [7, 11) is 0. The van der Waals surface area contributed by atoms with Crippen LogP contribution >= 0.6 is 0 Å². The van der Waals surface area contributed by atoms with Crippen LogP contribution in [-0.2, 0) is 19.6 Å². The number of hydrogen-bond acceptors (Lipinski definition) is 2. The maximum atomic E-state index is 5.28. The van der Waals surface area contributed by atoms with E-state index in [1.807, 2.05) is 0 Å². The highest BCUT2D eigenvalue weighted by molar-refractivity contribution is 5.68. The number of rotatable bonds is 11. The van der Waals surface area contributed by atoms with Gasteiger partial charge in [0.25, 0.3) is 0 Å². The highest BCUT2D eigenvalue weighted by atomic mass is 15.2. The molecule has 176 valence electrons. The molecule has 1 heterocycles. The zero-order valence-electron chi connectivity index (χ0n) is 20.9. The molecule has 0 aliphatic rings. The molecule has 4 aromatic rings. The van der Waals surface area contributed by atoms with Gasteiger partial charge in [-0.05, 0) is 37.4 Å². The smallest absolute Gasteiger partial charge is 0.140 e. The van der Waals surface area contributed by atoms with Gasteiger partial charge in [0, 0.05) is 30.8 Å². The van der Waals surface area contributed by atoms with E-state index in [1.54, 1.807) is 0 Å². The lowest BCUT2D eigenvalue weighted by molar-refractivity contribution is 0.250. The van der Waals surface area contributed by atoms with E-state index in [0.717, 1.165) is 57.0 Å². The van der Waals surface area contributed by atoms with Gasteiger partial charge in [-0.1, -0.05) is 105 Å². The van der Waals surface area contributed by atoms with Crippen LogP contribution in [-0.4, -0.2) is 21.0 Å². The first-order valence-corrected chi connectivity index (χ1v) is 12.7. The summed E-state index contributed by atoms with van der Waals surface area (Å²) in [5.74, 6) is 1.08. The van der Waals surface area contributed by atoms with Gasteiger partial charge in [0.1, 0.15) is 5.82 Å². The van der Waals surface area contributed by atoms with E-state index in [4.69, 9.17) is 4.98 Å². The maximum Gasteiger partial charge on any atom is 0.140 e. The molecule has 0 N–H and O–H groups in total. The third-order valence-corrected chi connectivity index (χ3v) is 6.46. The Morgan fingerprint density at radius 2 is 1.38 bits per heavy atom. The standard InChI is InChI=1S/C31H37N3/c1-4-6-22-34-29(24-33(21-5-2)23-28-20-14-13-15-25(28)3)30(26-16-9-7-10-17-26)32-31(34)27-18-11-8-12-19-27/h7-20H,4-6,21-24H2,1-3H3. The molecule has 3 aromatic carbocycles. The van der Waals surface area contributed by atoms with Gasteiger partial charge in [0.05, 0.1) is 11.4 Å². The molecule has 0 fully saturated rings. The Balaban J connectivity index is 1.80. The molecule has 3 heteroatoms. The van der Waals surface area contributed by atoms with Gasteiger partial charge in [-0.3, -0.25) is 4.90 Å². The van der Waals surface area contributed by atoms with E-state index in [9.17, 15) is 0 Å². The number of imidazole rings is 1. The van der Waals surface area contributed by atoms with Gasteiger partial charge >= 0.3 is 0 Å². The van der Waals surface area contributed by atoms with Crippen LogP contribution in [0.15, 0.2) is 84.9 Å². The first-order chi connectivity index (χ1) is 16.7. The molecule has 0 unspecified atom stereocenters. The highest BCUT2D eigenvalue weighted by Crippen LogP contribution is 2.31. The van der Waals surface area contributed by atoms with Gasteiger partial charge in [0.2, 0.25) is 0 Å². The summed E-state index contributed by atoms with van der Waals surface area (Å²) >= 11 is 0. The van der Waals surface area contributed by atoms with Gasteiger partial charge in [-0.2, -0.15) is 0 Å². The second-order valence-corrected chi connectivity index (χ2v) is 9.11. The minimum atomic E-state index is 0.885. The SMILES string of the molecule is CCCCn1c(-c2ccccc2)nc(-c2ccccc2)c1CN(CCC)Cc1ccccc1C. The van der Waals surface area contributed by atoms with Crippen LogP contribution in [0, 0.1) is 6.92 Å². The van der Waals surface area contributed by atoms with Crippen molar-refractivity contribution in [1.29, 1.82) is 0 Å². The summed E-state index contributed by atoms with van der Waals surface area (Å²) < 4.78 is 2.49. The molecule has 0 amide bonds. The van der Waals surface area contributed by atoms with E-state index in [0.29, 0.717) is 0 Å². The maximum absolute atomic E-state index is 5.28. The zero-order chi connectivity index (χ0) is 23.8. The third-order valence-electron chi connectivity index (χ3n) is 6.46. The van der Waals surface area contributed by atoms with Crippen molar-refractivity contribution in [3.63, 3.8) is 0 Å². The van der Waals surface area contributed by atoms with Crippen LogP contribution in [0.1, 0.15) is 49.9 Å². The van der Waals surface area contributed by atoms with Crippen LogP contribution in [0.4, 0.5) is 0 Å². The number of hydrogen-bond donors (Lipinski definition) is 0. The fraction of sp³-hybridized carbons (Fsp3) is 0.323. The Hall–Kier alpha value is -3.17. The Labute approximate surface area is 205 Å². The summed E-state index contributed by atoms with van der Waals surface area (Å²) in [4.78, 5) is 7.86. The molecule has 0 radical (unpaired) electrons. The molecule has 34 heavy (non-hydrogen) atoms. The molecule has 0 atom stereocenters. The largest absolute Gasteiger partial charge is 0.326 e. The molecule has 0 aliphatic heterocycles. The van der Waals surface area contributed by atoms with E-state index in [2.05, 4.69) is 115 Å². The lowest BCUT2D eigenvalue weighted by atomic mass is 10.1. The summed E-state index contributed by atoms with van der Waals surface area (Å²) in [6, 6.07) is 30.1. The van der Waals surface area contributed by atoms with Crippen LogP contribution in [0.2, 0.25) is 0 Å². The summed E-state index contributed by atoms with van der Waals surface area (Å²) in [6.07, 6.45) is 3.43. The Morgan fingerprint density at radius 3 is 2.03 bits per heavy atom. The van der Waals surface area contributed by atoms with Crippen molar-refractivity contribution in [3.8, 4) is 22.6 Å². The second-order valence-electron chi connectivity index (χ2n) is 9.11. The van der Waals surface area contributed by atoms with Crippen molar-refractivity contribution < 1.29 is 0 Å². The number of unbranched alkanes of at least 4 members (excludes halogenated alkanes) is 1. The van der Waals surface area contributed by atoms with Crippen LogP contribution in [0.5, 0.6) is 0 Å². The highest BCUT2D eigenvalue weighted by Gasteiger charge is 2.21. The normalized spacial score (nSPS) is 11.3. The van der Waals surface area contributed by atoms with Crippen LogP contribution in [0.3, 0.4) is 0 Å². The first kappa shape index (κ1) is 24.0. The fourth-order valence-electron chi connectivity index (χ4n) is 4.61. The molecule has 0 aliphatic carbocycles. The van der Waals surface area contributed by atoms with Crippen molar-refractivity contribution in [1.82, 2.24) is 14.5 Å². The lowest BCUT2D eigenvalue weighted by Crippen LogP contribution is -2.26. The van der Waals surface area contributed by atoms with Gasteiger partial charge in [-0.25, -0.2) is 4.98 Å². The predicted octanol–water partition coefficient (Wildman–Crippen LogP) is 7.74. The monoisotopic (exact) mass is 451 g/mol. The number of aryl methyl sites for hydroxylation is 1. The molecule has 0 saturated carbocycles. The summed E-state index contributed by atoms with van der Waals surface area (Å²) in [5.41, 5.74) is 7.57. The van der Waals surface area contributed by atoms with E-state index in [1.165, 1.54) is 27.9 Å². The molecular formula is C31H37N3. The minimum absolute atomic E-state index is 0.885.